The first-order chi connectivity index (χ1) is 15.0. The number of aliphatic hydroxyl groups excluding tert-OH is 1. The largest absolute Gasteiger partial charge is 0.414 e. The van der Waals surface area contributed by atoms with Crippen LogP contribution < -0.4 is 5.73 Å². The summed E-state index contributed by atoms with van der Waals surface area (Å²) in [5.41, 5.74) is 6.65. The van der Waals surface area contributed by atoms with Gasteiger partial charge in [-0.25, -0.2) is 9.97 Å². The second-order valence-electron chi connectivity index (χ2n) is 12.2. The summed E-state index contributed by atoms with van der Waals surface area (Å²) in [4.78, 5) is 8.45. The Balaban J connectivity index is 1.94. The van der Waals surface area contributed by atoms with E-state index < -0.39 is 41.2 Å². The number of aliphatic hydroxyl groups is 1. The number of anilines is 1. The van der Waals surface area contributed by atoms with Gasteiger partial charge in [0, 0.05) is 6.20 Å². The fraction of sp³-hybridized carbons (Fsp3) is 0.739. The molecule has 0 aromatic carbocycles. The highest BCUT2D eigenvalue weighted by atomic mass is 28.4. The molecule has 3 N–H and O–H groups in total. The average Bonchev–Trinajstić information content (AvgIpc) is 3.21. The molecule has 3 heterocycles. The second-order valence-corrected chi connectivity index (χ2v) is 21.8. The van der Waals surface area contributed by atoms with E-state index in [0.717, 1.165) is 5.39 Å². The van der Waals surface area contributed by atoms with Crippen LogP contribution in [0.25, 0.3) is 11.0 Å². The van der Waals surface area contributed by atoms with Crippen LogP contribution in [0, 0.1) is 0 Å². The monoisotopic (exact) mass is 494 g/mol. The summed E-state index contributed by atoms with van der Waals surface area (Å²) < 4.78 is 21.5. The number of nitrogen functional groups attached to an aromatic ring is 1. The quantitative estimate of drug-likeness (QED) is 0.562. The van der Waals surface area contributed by atoms with Gasteiger partial charge in [-0.2, -0.15) is 0 Å². The van der Waals surface area contributed by atoms with E-state index >= 15 is 0 Å². The minimum atomic E-state index is -2.18. The minimum Gasteiger partial charge on any atom is -0.414 e. The van der Waals surface area contributed by atoms with Crippen LogP contribution in [0.4, 0.5) is 5.82 Å². The topological polar surface area (TPSA) is 105 Å². The van der Waals surface area contributed by atoms with E-state index in [-0.39, 0.29) is 10.1 Å². The number of hydrogen-bond donors (Lipinski definition) is 2. The van der Waals surface area contributed by atoms with Crippen molar-refractivity contribution in [1.29, 1.82) is 0 Å². The molecule has 4 atom stereocenters. The summed E-state index contributed by atoms with van der Waals surface area (Å²) in [7, 11) is -4.19. The van der Waals surface area contributed by atoms with E-state index in [1.54, 1.807) is 0 Å². The van der Waals surface area contributed by atoms with E-state index in [0.29, 0.717) is 18.1 Å². The van der Waals surface area contributed by atoms with Crippen LogP contribution in [-0.2, 0) is 13.6 Å². The molecule has 10 heteroatoms. The zero-order valence-electron chi connectivity index (χ0n) is 21.8. The Morgan fingerprint density at radius 2 is 1.67 bits per heavy atom. The molecule has 2 aromatic heterocycles. The number of hydrogen-bond acceptors (Lipinski definition) is 7. The summed E-state index contributed by atoms with van der Waals surface area (Å²) in [6.45, 7) is 22.4. The third-order valence-corrected chi connectivity index (χ3v) is 16.7. The lowest BCUT2D eigenvalue weighted by atomic mass is 10.1. The van der Waals surface area contributed by atoms with Crippen molar-refractivity contribution in [2.24, 2.45) is 0 Å². The minimum absolute atomic E-state index is 0.00251. The molecule has 0 spiro atoms. The van der Waals surface area contributed by atoms with Gasteiger partial charge in [0.1, 0.15) is 36.1 Å². The Labute approximate surface area is 200 Å². The smallest absolute Gasteiger partial charge is 0.192 e. The van der Waals surface area contributed by atoms with Gasteiger partial charge in [-0.3, -0.25) is 0 Å². The van der Waals surface area contributed by atoms with Gasteiger partial charge in [0.25, 0.3) is 0 Å². The maximum absolute atomic E-state index is 11.5. The van der Waals surface area contributed by atoms with Crippen molar-refractivity contribution in [1.82, 2.24) is 14.5 Å². The Hall–Kier alpha value is -1.31. The van der Waals surface area contributed by atoms with E-state index in [4.69, 9.17) is 19.3 Å². The Kier molecular flexibility index (Phi) is 6.95. The van der Waals surface area contributed by atoms with Crippen LogP contribution in [0.3, 0.4) is 0 Å². The second kappa shape index (κ2) is 8.73. The van der Waals surface area contributed by atoms with Crippen molar-refractivity contribution < 1.29 is 18.7 Å². The van der Waals surface area contributed by atoms with Crippen molar-refractivity contribution in [3.8, 4) is 0 Å². The fourth-order valence-corrected chi connectivity index (χ4v) is 5.79. The molecule has 33 heavy (non-hydrogen) atoms. The maximum atomic E-state index is 11.5. The molecule has 1 saturated heterocycles. The molecule has 1 aliphatic rings. The zero-order chi connectivity index (χ0) is 25.0. The van der Waals surface area contributed by atoms with Gasteiger partial charge in [0.05, 0.1) is 12.0 Å². The van der Waals surface area contributed by atoms with Crippen molar-refractivity contribution >= 4 is 33.5 Å². The summed E-state index contributed by atoms with van der Waals surface area (Å²) in [5, 5.41) is 12.3. The molecular weight excluding hydrogens is 452 g/mol. The van der Waals surface area contributed by atoms with Crippen molar-refractivity contribution in [2.45, 2.75) is 102 Å². The summed E-state index contributed by atoms with van der Waals surface area (Å²) in [5.74, 6) is 0.401. The van der Waals surface area contributed by atoms with Crippen LogP contribution in [0.2, 0.25) is 36.3 Å². The Bertz CT molecular complexity index is 981. The molecule has 2 aromatic rings. The number of nitrogens with two attached hydrogens (primary N) is 1. The van der Waals surface area contributed by atoms with Gasteiger partial charge in [-0.05, 0) is 42.3 Å². The summed E-state index contributed by atoms with van der Waals surface area (Å²) in [6, 6.07) is 1.85. The predicted octanol–water partition coefficient (Wildman–Crippen LogP) is 4.68. The third-order valence-electron chi connectivity index (χ3n) is 7.78. The first-order valence-electron chi connectivity index (χ1n) is 11.7. The SMILES string of the molecule is CC(C)(C)[Si](C)(C)OC[C@H]1O[C@@H](n2ccc3c(N)ncnc32)[C@H](O)[C@@H]1O[Si](C)(C)C(C)(C)C. The standard InChI is InChI=1S/C23H42N4O4Si2/c1-22(2,3)32(7,8)29-13-16-18(31-33(9,10)23(4,5)6)17(28)21(30-16)27-12-11-15-19(24)25-14-26-20(15)27/h11-12,14,16-18,21,28H,13H2,1-10H3,(H2,24,25,26)/t16-,17-,18-,21-/m1/s1. The lowest BCUT2D eigenvalue weighted by Gasteiger charge is -2.41. The van der Waals surface area contributed by atoms with Gasteiger partial charge in [0.15, 0.2) is 22.9 Å². The predicted molar refractivity (Wildman–Crippen MR) is 137 cm³/mol. The molecule has 0 radical (unpaired) electrons. The molecule has 186 valence electrons. The number of fused-ring (bicyclic) bond motifs is 1. The molecule has 1 aliphatic heterocycles. The van der Waals surface area contributed by atoms with Crippen molar-refractivity contribution in [3.05, 3.63) is 18.6 Å². The normalized spacial score (nSPS) is 25.2. The first kappa shape index (κ1) is 26.3. The van der Waals surface area contributed by atoms with Crippen molar-refractivity contribution in [3.63, 3.8) is 0 Å². The summed E-state index contributed by atoms with van der Waals surface area (Å²) >= 11 is 0. The lowest BCUT2D eigenvalue weighted by Crippen LogP contribution is -2.51. The van der Waals surface area contributed by atoms with Crippen LogP contribution in [0.15, 0.2) is 18.6 Å². The molecule has 8 nitrogen and oxygen atoms in total. The van der Waals surface area contributed by atoms with Gasteiger partial charge >= 0.3 is 0 Å². The molecule has 0 unspecified atom stereocenters. The molecule has 1 fully saturated rings. The van der Waals surface area contributed by atoms with Crippen LogP contribution >= 0.6 is 0 Å². The number of aromatic nitrogens is 3. The molecule has 0 aliphatic carbocycles. The number of nitrogens with zero attached hydrogens (tertiary/aromatic N) is 3. The third kappa shape index (κ3) is 5.06. The molecule has 0 bridgehead atoms. The van der Waals surface area contributed by atoms with Gasteiger partial charge in [-0.1, -0.05) is 41.5 Å². The van der Waals surface area contributed by atoms with E-state index in [2.05, 4.69) is 77.7 Å². The highest BCUT2D eigenvalue weighted by Crippen LogP contribution is 2.43. The molecule has 0 amide bonds. The fourth-order valence-electron chi connectivity index (χ4n) is 3.45. The lowest BCUT2D eigenvalue weighted by molar-refractivity contribution is -0.0485. The van der Waals surface area contributed by atoms with Gasteiger partial charge in [0.2, 0.25) is 0 Å². The van der Waals surface area contributed by atoms with Gasteiger partial charge < -0.3 is 29.0 Å². The maximum Gasteiger partial charge on any atom is 0.192 e. The highest BCUT2D eigenvalue weighted by molar-refractivity contribution is 6.74. The first-order valence-corrected chi connectivity index (χ1v) is 17.5. The highest BCUT2D eigenvalue weighted by Gasteiger charge is 2.51. The number of rotatable bonds is 6. The molecule has 0 saturated carbocycles. The Morgan fingerprint density at radius 1 is 1.06 bits per heavy atom. The van der Waals surface area contributed by atoms with Crippen LogP contribution in [0.1, 0.15) is 47.8 Å². The van der Waals surface area contributed by atoms with Crippen molar-refractivity contribution in [2.75, 3.05) is 12.3 Å². The van der Waals surface area contributed by atoms with E-state index in [9.17, 15) is 5.11 Å². The Morgan fingerprint density at radius 3 is 2.24 bits per heavy atom. The molecular formula is C23H42N4O4Si2. The van der Waals surface area contributed by atoms with E-state index in [1.165, 1.54) is 6.33 Å². The van der Waals surface area contributed by atoms with Crippen LogP contribution in [-0.4, -0.2) is 61.2 Å². The molecule has 3 rings (SSSR count). The van der Waals surface area contributed by atoms with Gasteiger partial charge in [-0.15, -0.1) is 0 Å². The van der Waals surface area contributed by atoms with E-state index in [1.807, 2.05) is 16.8 Å². The number of ether oxygens (including phenoxy) is 1. The average molecular weight is 495 g/mol. The zero-order valence-corrected chi connectivity index (χ0v) is 23.8. The van der Waals surface area contributed by atoms with Crippen LogP contribution in [0.5, 0.6) is 0 Å². The summed E-state index contributed by atoms with van der Waals surface area (Å²) in [6.07, 6.45) is 0.835.